The van der Waals surface area contributed by atoms with Gasteiger partial charge in [-0.25, -0.2) is 9.78 Å². The third kappa shape index (κ3) is 4.01. The fourth-order valence-electron chi connectivity index (χ4n) is 1.46. The van der Waals surface area contributed by atoms with Crippen LogP contribution in [-0.2, 0) is 9.53 Å². The van der Waals surface area contributed by atoms with Gasteiger partial charge in [-0.2, -0.15) is 0 Å². The number of amides is 1. The second-order valence-corrected chi connectivity index (χ2v) is 6.00. The first-order chi connectivity index (χ1) is 9.56. The summed E-state index contributed by atoms with van der Waals surface area (Å²) < 4.78 is 5.96. The quantitative estimate of drug-likeness (QED) is 0.631. The van der Waals surface area contributed by atoms with Crippen molar-refractivity contribution in [3.63, 3.8) is 0 Å². The average Bonchev–Trinajstić information content (AvgIpc) is 2.82. The number of nitrogens with one attached hydrogen (secondary N) is 1. The highest BCUT2D eigenvalue weighted by molar-refractivity contribution is 14.1. The number of hydrogen-bond acceptors (Lipinski definition) is 5. The van der Waals surface area contributed by atoms with E-state index in [-0.39, 0.29) is 12.5 Å². The van der Waals surface area contributed by atoms with Crippen LogP contribution in [0.2, 0.25) is 0 Å². The number of anilines is 1. The van der Waals surface area contributed by atoms with Gasteiger partial charge in [0, 0.05) is 9.26 Å². The first-order valence-electron chi connectivity index (χ1n) is 5.69. The molecule has 0 saturated carbocycles. The fraction of sp³-hybridized carbons (Fsp3) is 0.154. The van der Waals surface area contributed by atoms with Gasteiger partial charge in [-0.15, -0.1) is 11.3 Å². The number of benzene rings is 1. The molecule has 0 bridgehead atoms. The van der Waals surface area contributed by atoms with E-state index in [1.807, 2.05) is 18.2 Å². The zero-order valence-corrected chi connectivity index (χ0v) is 13.5. The Balaban J connectivity index is 1.87. The van der Waals surface area contributed by atoms with Crippen molar-refractivity contribution in [2.24, 2.45) is 0 Å². The highest BCUT2D eigenvalue weighted by Gasteiger charge is 2.14. The molecule has 1 aromatic carbocycles. The molecular weight excluding hydrogens is 391 g/mol. The van der Waals surface area contributed by atoms with E-state index in [4.69, 9.17) is 4.74 Å². The van der Waals surface area contributed by atoms with Gasteiger partial charge < -0.3 is 10.1 Å². The maximum absolute atomic E-state index is 11.7. The van der Waals surface area contributed by atoms with Gasteiger partial charge in [0.2, 0.25) is 0 Å². The van der Waals surface area contributed by atoms with E-state index in [2.05, 4.69) is 32.9 Å². The molecule has 0 aliphatic carbocycles. The molecule has 2 rings (SSSR count). The first kappa shape index (κ1) is 14.9. The minimum atomic E-state index is -0.525. The summed E-state index contributed by atoms with van der Waals surface area (Å²) in [6.07, 6.45) is 0. The van der Waals surface area contributed by atoms with Crippen LogP contribution in [0.4, 0.5) is 5.69 Å². The summed E-state index contributed by atoms with van der Waals surface area (Å²) in [6, 6.07) is 7.36. The predicted molar refractivity (Wildman–Crippen MR) is 84.9 cm³/mol. The first-order valence-corrected chi connectivity index (χ1v) is 7.64. The molecule has 104 valence electrons. The van der Waals surface area contributed by atoms with Crippen LogP contribution in [0, 0.1) is 10.5 Å². The molecule has 1 N–H and O–H groups in total. The maximum Gasteiger partial charge on any atom is 0.350 e. The Morgan fingerprint density at radius 1 is 1.45 bits per heavy atom. The fourth-order valence-corrected chi connectivity index (χ4v) is 2.70. The molecule has 2 aromatic rings. The summed E-state index contributed by atoms with van der Waals surface area (Å²) in [6.45, 7) is 1.40. The Labute approximate surface area is 133 Å². The summed E-state index contributed by atoms with van der Waals surface area (Å²) >= 11 is 3.35. The lowest BCUT2D eigenvalue weighted by molar-refractivity contribution is -0.119. The Hall–Kier alpha value is -1.48. The molecular formula is C13H11IN2O3S. The highest BCUT2D eigenvalue weighted by atomic mass is 127. The van der Waals surface area contributed by atoms with E-state index in [1.165, 1.54) is 11.3 Å². The van der Waals surface area contributed by atoms with Crippen molar-refractivity contribution in [2.75, 3.05) is 11.9 Å². The molecule has 1 aromatic heterocycles. The number of ether oxygens (including phenoxy) is 1. The van der Waals surface area contributed by atoms with Crippen LogP contribution < -0.4 is 5.32 Å². The third-order valence-corrected chi connectivity index (χ3v) is 3.95. The van der Waals surface area contributed by atoms with Crippen molar-refractivity contribution in [3.8, 4) is 0 Å². The number of carbonyl (C=O) groups excluding carboxylic acids is 2. The molecule has 0 saturated heterocycles. The van der Waals surface area contributed by atoms with Crippen LogP contribution in [-0.4, -0.2) is 23.5 Å². The molecule has 0 fully saturated rings. The number of carbonyl (C=O) groups is 2. The lowest BCUT2D eigenvalue weighted by Gasteiger charge is -2.06. The van der Waals surface area contributed by atoms with E-state index in [0.29, 0.717) is 16.3 Å². The van der Waals surface area contributed by atoms with Gasteiger partial charge in [0.1, 0.15) is 4.88 Å². The minimum absolute atomic E-state index is 0.318. The largest absolute Gasteiger partial charge is 0.451 e. The van der Waals surface area contributed by atoms with Gasteiger partial charge in [-0.3, -0.25) is 4.79 Å². The molecule has 1 amide bonds. The van der Waals surface area contributed by atoms with Crippen molar-refractivity contribution < 1.29 is 14.3 Å². The molecule has 0 aliphatic rings. The highest BCUT2D eigenvalue weighted by Crippen LogP contribution is 2.14. The number of hydrogen-bond donors (Lipinski definition) is 1. The number of esters is 1. The second kappa shape index (κ2) is 6.80. The third-order valence-electron chi connectivity index (χ3n) is 2.37. The number of thiazole rings is 1. The topological polar surface area (TPSA) is 68.3 Å². The van der Waals surface area contributed by atoms with Gasteiger partial charge in [0.15, 0.2) is 6.61 Å². The SMILES string of the molecule is Cc1ncsc1C(=O)OCC(=O)Nc1cccc(I)c1. The van der Waals surface area contributed by atoms with Crippen LogP contribution in [0.3, 0.4) is 0 Å². The normalized spacial score (nSPS) is 10.1. The number of nitrogens with zero attached hydrogens (tertiary/aromatic N) is 1. The molecule has 0 unspecified atom stereocenters. The maximum atomic E-state index is 11.7. The second-order valence-electron chi connectivity index (χ2n) is 3.90. The van der Waals surface area contributed by atoms with Gasteiger partial charge in [-0.05, 0) is 47.7 Å². The van der Waals surface area contributed by atoms with Crippen molar-refractivity contribution in [2.45, 2.75) is 6.92 Å². The predicted octanol–water partition coefficient (Wildman–Crippen LogP) is 2.85. The number of aryl methyl sites for hydroxylation is 1. The average molecular weight is 402 g/mol. The molecule has 7 heteroatoms. The van der Waals surface area contributed by atoms with Gasteiger partial charge in [0.25, 0.3) is 5.91 Å². The van der Waals surface area contributed by atoms with Gasteiger partial charge in [-0.1, -0.05) is 6.07 Å². The summed E-state index contributed by atoms with van der Waals surface area (Å²) in [5.41, 5.74) is 2.85. The molecule has 20 heavy (non-hydrogen) atoms. The molecule has 5 nitrogen and oxygen atoms in total. The Morgan fingerprint density at radius 3 is 2.90 bits per heavy atom. The summed E-state index contributed by atoms with van der Waals surface area (Å²) in [5.74, 6) is -0.898. The van der Waals surface area contributed by atoms with Crippen molar-refractivity contribution in [1.29, 1.82) is 0 Å². The molecule has 0 aliphatic heterocycles. The Bertz CT molecular complexity index is 642. The monoisotopic (exact) mass is 402 g/mol. The van der Waals surface area contributed by atoms with E-state index < -0.39 is 5.97 Å². The van der Waals surface area contributed by atoms with E-state index in [1.54, 1.807) is 18.5 Å². The van der Waals surface area contributed by atoms with Crippen molar-refractivity contribution in [3.05, 3.63) is 43.9 Å². The smallest absolute Gasteiger partial charge is 0.350 e. The Morgan fingerprint density at radius 2 is 2.25 bits per heavy atom. The standard InChI is InChI=1S/C13H11IN2O3S/c1-8-12(20-7-15-8)13(18)19-6-11(17)16-10-4-2-3-9(14)5-10/h2-5,7H,6H2,1H3,(H,16,17). The number of rotatable bonds is 4. The van der Waals surface area contributed by atoms with Crippen molar-refractivity contribution in [1.82, 2.24) is 4.98 Å². The number of aromatic nitrogens is 1. The van der Waals surface area contributed by atoms with E-state index >= 15 is 0 Å². The van der Waals surface area contributed by atoms with Crippen molar-refractivity contribution >= 4 is 51.5 Å². The van der Waals surface area contributed by atoms with Crippen LogP contribution >= 0.6 is 33.9 Å². The lowest BCUT2D eigenvalue weighted by atomic mass is 10.3. The molecule has 0 spiro atoms. The van der Waals surface area contributed by atoms with Gasteiger partial charge >= 0.3 is 5.97 Å². The molecule has 1 heterocycles. The minimum Gasteiger partial charge on any atom is -0.451 e. The zero-order valence-electron chi connectivity index (χ0n) is 10.6. The zero-order chi connectivity index (χ0) is 14.5. The van der Waals surface area contributed by atoms with Gasteiger partial charge in [0.05, 0.1) is 11.2 Å². The van der Waals surface area contributed by atoms with E-state index in [9.17, 15) is 9.59 Å². The van der Waals surface area contributed by atoms with Crippen LogP contribution in [0.15, 0.2) is 29.8 Å². The van der Waals surface area contributed by atoms with Crippen LogP contribution in [0.1, 0.15) is 15.4 Å². The van der Waals surface area contributed by atoms with Crippen LogP contribution in [0.25, 0.3) is 0 Å². The lowest BCUT2D eigenvalue weighted by Crippen LogP contribution is -2.20. The Kier molecular flexibility index (Phi) is 5.07. The molecule has 0 radical (unpaired) electrons. The summed E-state index contributed by atoms with van der Waals surface area (Å²) in [7, 11) is 0. The summed E-state index contributed by atoms with van der Waals surface area (Å²) in [4.78, 5) is 27.8. The van der Waals surface area contributed by atoms with E-state index in [0.717, 1.165) is 3.57 Å². The molecule has 0 atom stereocenters. The number of halogens is 1. The van der Waals surface area contributed by atoms with Crippen LogP contribution in [0.5, 0.6) is 0 Å². The summed E-state index contributed by atoms with van der Waals surface area (Å²) in [5, 5.41) is 2.66.